The molecule has 1 aliphatic heterocycles. The molecule has 1 aliphatic rings. The standard InChI is InChI=1S/C26H31NO5/c1-15(2)19-14-20(17(4)13-21(19)32-6)24(28)22-23(18-9-7-8-16(3)12-18)27(10-11-31-5)26(30)25(22)29/h7-9,12-15,23,28H,10-11H2,1-6H3/b24-22+. The van der Waals surface area contributed by atoms with Crippen LogP contribution in [0.4, 0.5) is 0 Å². The summed E-state index contributed by atoms with van der Waals surface area (Å²) in [6, 6.07) is 10.7. The van der Waals surface area contributed by atoms with Gasteiger partial charge in [0.2, 0.25) is 0 Å². The van der Waals surface area contributed by atoms with Crippen molar-refractivity contribution in [1.82, 2.24) is 4.90 Å². The van der Waals surface area contributed by atoms with E-state index in [0.29, 0.717) is 5.56 Å². The van der Waals surface area contributed by atoms with Crippen LogP contribution in [0.1, 0.15) is 53.6 Å². The van der Waals surface area contributed by atoms with Crippen LogP contribution in [-0.2, 0) is 14.3 Å². The molecule has 0 saturated carbocycles. The third-order valence-electron chi connectivity index (χ3n) is 5.89. The van der Waals surface area contributed by atoms with Gasteiger partial charge in [-0.15, -0.1) is 0 Å². The molecule has 1 atom stereocenters. The molecule has 0 aliphatic carbocycles. The van der Waals surface area contributed by atoms with E-state index in [4.69, 9.17) is 9.47 Å². The Morgan fingerprint density at radius 3 is 2.44 bits per heavy atom. The molecule has 0 spiro atoms. The van der Waals surface area contributed by atoms with E-state index >= 15 is 0 Å². The van der Waals surface area contributed by atoms with Crippen molar-refractivity contribution in [2.45, 2.75) is 39.7 Å². The second-order valence-electron chi connectivity index (χ2n) is 8.46. The number of nitrogens with zero attached hydrogens (tertiary/aromatic N) is 1. The van der Waals surface area contributed by atoms with Gasteiger partial charge in [-0.1, -0.05) is 43.7 Å². The molecule has 170 valence electrons. The summed E-state index contributed by atoms with van der Waals surface area (Å²) >= 11 is 0. The number of aliphatic hydroxyl groups is 1. The lowest BCUT2D eigenvalue weighted by Crippen LogP contribution is -2.32. The number of benzene rings is 2. The van der Waals surface area contributed by atoms with Gasteiger partial charge in [0, 0.05) is 19.2 Å². The van der Waals surface area contributed by atoms with Gasteiger partial charge in [0.15, 0.2) is 0 Å². The minimum absolute atomic E-state index is 0.0969. The van der Waals surface area contributed by atoms with Gasteiger partial charge in [-0.05, 0) is 48.6 Å². The van der Waals surface area contributed by atoms with Crippen LogP contribution < -0.4 is 4.74 Å². The van der Waals surface area contributed by atoms with Crippen LogP contribution in [0.15, 0.2) is 42.0 Å². The summed E-state index contributed by atoms with van der Waals surface area (Å²) in [4.78, 5) is 27.6. The molecular weight excluding hydrogens is 406 g/mol. The number of ketones is 1. The molecule has 6 nitrogen and oxygen atoms in total. The smallest absolute Gasteiger partial charge is 0.295 e. The minimum Gasteiger partial charge on any atom is -0.507 e. The number of rotatable bonds is 7. The summed E-state index contributed by atoms with van der Waals surface area (Å²) in [5.74, 6) is -0.618. The Bertz CT molecular complexity index is 1070. The molecule has 1 unspecified atom stereocenters. The largest absolute Gasteiger partial charge is 0.507 e. The number of hydrogen-bond acceptors (Lipinski definition) is 5. The normalized spacial score (nSPS) is 18.0. The molecule has 0 aromatic heterocycles. The second kappa shape index (κ2) is 9.57. The predicted octanol–water partition coefficient (Wildman–Crippen LogP) is 4.50. The van der Waals surface area contributed by atoms with E-state index in [1.54, 1.807) is 14.2 Å². The zero-order valence-electron chi connectivity index (χ0n) is 19.6. The highest BCUT2D eigenvalue weighted by molar-refractivity contribution is 6.46. The van der Waals surface area contributed by atoms with Gasteiger partial charge in [-0.25, -0.2) is 0 Å². The molecule has 32 heavy (non-hydrogen) atoms. The Labute approximate surface area is 189 Å². The van der Waals surface area contributed by atoms with Crippen LogP contribution in [-0.4, -0.2) is 49.1 Å². The first-order valence-corrected chi connectivity index (χ1v) is 10.7. The predicted molar refractivity (Wildman–Crippen MR) is 124 cm³/mol. The number of carbonyl (C=O) groups is 2. The van der Waals surface area contributed by atoms with Gasteiger partial charge in [0.05, 0.1) is 25.3 Å². The Kier molecular flexibility index (Phi) is 7.04. The first-order valence-electron chi connectivity index (χ1n) is 10.7. The lowest BCUT2D eigenvalue weighted by atomic mass is 9.90. The lowest BCUT2D eigenvalue weighted by Gasteiger charge is -2.25. The number of Topliss-reactive ketones (excluding diaryl/α,β-unsaturated/α-hetero) is 1. The summed E-state index contributed by atoms with van der Waals surface area (Å²) in [5.41, 5.74) is 4.08. The lowest BCUT2D eigenvalue weighted by molar-refractivity contribution is -0.140. The topological polar surface area (TPSA) is 76.1 Å². The van der Waals surface area contributed by atoms with Crippen LogP contribution in [0.5, 0.6) is 5.75 Å². The van der Waals surface area contributed by atoms with Gasteiger partial charge >= 0.3 is 0 Å². The molecular formula is C26H31NO5. The molecule has 3 rings (SSSR count). The van der Waals surface area contributed by atoms with Crippen LogP contribution in [0.2, 0.25) is 0 Å². The first-order chi connectivity index (χ1) is 15.2. The Balaban J connectivity index is 2.25. The minimum atomic E-state index is -0.688. The van der Waals surface area contributed by atoms with Crippen molar-refractivity contribution in [3.8, 4) is 5.75 Å². The molecule has 6 heteroatoms. The Hall–Kier alpha value is -3.12. The van der Waals surface area contributed by atoms with Gasteiger partial charge in [0.1, 0.15) is 11.5 Å². The van der Waals surface area contributed by atoms with Crippen LogP contribution in [0, 0.1) is 13.8 Å². The van der Waals surface area contributed by atoms with Crippen molar-refractivity contribution in [3.63, 3.8) is 0 Å². The number of likely N-dealkylation sites (tertiary alicyclic amines) is 1. The Morgan fingerprint density at radius 1 is 1.12 bits per heavy atom. The van der Waals surface area contributed by atoms with Crippen LogP contribution >= 0.6 is 0 Å². The average molecular weight is 438 g/mol. The fourth-order valence-electron chi connectivity index (χ4n) is 4.21. The van der Waals surface area contributed by atoms with Crippen molar-refractivity contribution in [3.05, 3.63) is 69.8 Å². The SMILES string of the molecule is COCCN1C(=O)C(=O)/C(=C(/O)c2cc(C(C)C)c(OC)cc2C)C1c1cccc(C)c1. The van der Waals surface area contributed by atoms with Gasteiger partial charge in [-0.3, -0.25) is 9.59 Å². The van der Waals surface area contributed by atoms with Crippen LogP contribution in [0.25, 0.3) is 5.76 Å². The quantitative estimate of drug-likeness (QED) is 0.392. The number of ether oxygens (including phenoxy) is 2. The van der Waals surface area contributed by atoms with E-state index in [1.165, 1.54) is 4.90 Å². The van der Waals surface area contributed by atoms with E-state index in [1.807, 2.05) is 64.1 Å². The van der Waals surface area contributed by atoms with Crippen molar-refractivity contribution in [2.75, 3.05) is 27.4 Å². The summed E-state index contributed by atoms with van der Waals surface area (Å²) in [6.07, 6.45) is 0. The van der Waals surface area contributed by atoms with E-state index in [9.17, 15) is 14.7 Å². The van der Waals surface area contributed by atoms with Crippen molar-refractivity contribution in [2.24, 2.45) is 0 Å². The van der Waals surface area contributed by atoms with E-state index in [2.05, 4.69) is 0 Å². The maximum Gasteiger partial charge on any atom is 0.295 e. The molecule has 1 N–H and O–H groups in total. The zero-order chi connectivity index (χ0) is 23.6. The van der Waals surface area contributed by atoms with E-state index < -0.39 is 17.7 Å². The maximum absolute atomic E-state index is 13.1. The maximum atomic E-state index is 13.1. The summed E-state index contributed by atoms with van der Waals surface area (Å²) in [5, 5.41) is 11.4. The monoisotopic (exact) mass is 437 g/mol. The number of aryl methyl sites for hydroxylation is 2. The summed E-state index contributed by atoms with van der Waals surface area (Å²) < 4.78 is 10.7. The molecule has 1 amide bonds. The van der Waals surface area contributed by atoms with Gasteiger partial charge in [0.25, 0.3) is 11.7 Å². The average Bonchev–Trinajstić information content (AvgIpc) is 3.01. The molecule has 1 heterocycles. The molecule has 0 bridgehead atoms. The number of carbonyl (C=O) groups excluding carboxylic acids is 2. The zero-order valence-corrected chi connectivity index (χ0v) is 19.6. The number of aliphatic hydroxyl groups excluding tert-OH is 1. The molecule has 2 aromatic rings. The van der Waals surface area contributed by atoms with Gasteiger partial charge < -0.3 is 19.5 Å². The molecule has 1 fully saturated rings. The van der Waals surface area contributed by atoms with E-state index in [0.717, 1.165) is 28.0 Å². The van der Waals surface area contributed by atoms with Gasteiger partial charge in [-0.2, -0.15) is 0 Å². The highest BCUT2D eigenvalue weighted by Gasteiger charge is 2.46. The third-order valence-corrected chi connectivity index (χ3v) is 5.89. The summed E-state index contributed by atoms with van der Waals surface area (Å²) in [7, 11) is 3.16. The highest BCUT2D eigenvalue weighted by atomic mass is 16.5. The number of amides is 1. The summed E-state index contributed by atoms with van der Waals surface area (Å²) in [6.45, 7) is 8.41. The first kappa shape index (κ1) is 23.5. The fraction of sp³-hybridized carbons (Fsp3) is 0.385. The Morgan fingerprint density at radius 2 is 1.84 bits per heavy atom. The molecule has 1 saturated heterocycles. The number of hydrogen-bond donors (Lipinski definition) is 1. The van der Waals surface area contributed by atoms with E-state index in [-0.39, 0.29) is 30.4 Å². The molecule has 0 radical (unpaired) electrons. The fourth-order valence-corrected chi connectivity index (χ4v) is 4.21. The number of methoxy groups -OCH3 is 2. The molecule has 2 aromatic carbocycles. The highest BCUT2D eigenvalue weighted by Crippen LogP contribution is 2.41. The van der Waals surface area contributed by atoms with Crippen molar-refractivity contribution in [1.29, 1.82) is 0 Å². The second-order valence-corrected chi connectivity index (χ2v) is 8.46. The van der Waals surface area contributed by atoms with Crippen molar-refractivity contribution >= 4 is 17.4 Å². The van der Waals surface area contributed by atoms with Crippen molar-refractivity contribution < 1.29 is 24.2 Å². The van der Waals surface area contributed by atoms with Crippen LogP contribution in [0.3, 0.4) is 0 Å². The third kappa shape index (κ3) is 4.28.